The molecule has 0 aromatic heterocycles. The molecule has 0 saturated carbocycles. The lowest BCUT2D eigenvalue weighted by molar-refractivity contribution is -0.123. The van der Waals surface area contributed by atoms with Gasteiger partial charge in [-0.2, -0.15) is 0 Å². The monoisotopic (exact) mass is 197 g/mol. The molecule has 0 aromatic rings. The average molecular weight is 197 g/mol. The van der Waals surface area contributed by atoms with E-state index < -0.39 is 0 Å². The molecule has 1 aliphatic heterocycles. The van der Waals surface area contributed by atoms with E-state index in [4.69, 9.17) is 0 Å². The maximum atomic E-state index is 11.2. The molecule has 0 aromatic carbocycles. The first-order valence-electron chi connectivity index (χ1n) is 5.76. The molecule has 0 amide bonds. The molecule has 1 rings (SSSR count). The number of likely N-dealkylation sites (tertiary alicyclic amines) is 1. The van der Waals surface area contributed by atoms with Crippen molar-refractivity contribution in [1.29, 1.82) is 0 Å². The Hall–Kier alpha value is -0.370. The largest absolute Gasteiger partial charge is 0.300 e. The van der Waals surface area contributed by atoms with Crippen molar-refractivity contribution in [2.75, 3.05) is 13.1 Å². The molecule has 0 aliphatic carbocycles. The van der Waals surface area contributed by atoms with Crippen LogP contribution in [0.15, 0.2) is 0 Å². The fourth-order valence-corrected chi connectivity index (χ4v) is 1.90. The van der Waals surface area contributed by atoms with Crippen molar-refractivity contribution in [3.63, 3.8) is 0 Å². The van der Waals surface area contributed by atoms with Crippen LogP contribution in [0.3, 0.4) is 0 Å². The van der Waals surface area contributed by atoms with Crippen molar-refractivity contribution in [2.24, 2.45) is 11.8 Å². The SMILES string of the molecule is CC(C)C(C)CN1CCC(=O)CC1C. The van der Waals surface area contributed by atoms with E-state index >= 15 is 0 Å². The van der Waals surface area contributed by atoms with Gasteiger partial charge in [0, 0.05) is 32.0 Å². The minimum Gasteiger partial charge on any atom is -0.300 e. The molecule has 2 heteroatoms. The molecular formula is C12H23NO. The molecule has 2 atom stereocenters. The quantitative estimate of drug-likeness (QED) is 0.692. The predicted molar refractivity (Wildman–Crippen MR) is 59.3 cm³/mol. The zero-order chi connectivity index (χ0) is 10.7. The Balaban J connectivity index is 2.41. The normalized spacial score (nSPS) is 26.9. The standard InChI is InChI=1S/C12H23NO/c1-9(2)10(3)8-13-6-5-12(14)7-11(13)4/h9-11H,5-8H2,1-4H3. The van der Waals surface area contributed by atoms with Gasteiger partial charge in [0.15, 0.2) is 0 Å². The first kappa shape index (κ1) is 11.7. The fourth-order valence-electron chi connectivity index (χ4n) is 1.90. The maximum absolute atomic E-state index is 11.2. The maximum Gasteiger partial charge on any atom is 0.135 e. The molecule has 1 aliphatic rings. The molecule has 0 spiro atoms. The highest BCUT2D eigenvalue weighted by Crippen LogP contribution is 2.18. The third-order valence-electron chi connectivity index (χ3n) is 3.48. The first-order valence-corrected chi connectivity index (χ1v) is 5.76. The van der Waals surface area contributed by atoms with Crippen LogP contribution in [-0.4, -0.2) is 29.8 Å². The van der Waals surface area contributed by atoms with Crippen LogP contribution in [0, 0.1) is 11.8 Å². The van der Waals surface area contributed by atoms with Crippen LogP contribution in [0.2, 0.25) is 0 Å². The van der Waals surface area contributed by atoms with Crippen LogP contribution in [0.25, 0.3) is 0 Å². The van der Waals surface area contributed by atoms with E-state index in [2.05, 4.69) is 32.6 Å². The van der Waals surface area contributed by atoms with Gasteiger partial charge < -0.3 is 0 Å². The van der Waals surface area contributed by atoms with Crippen LogP contribution in [0.4, 0.5) is 0 Å². The minimum atomic E-state index is 0.436. The van der Waals surface area contributed by atoms with Gasteiger partial charge in [0.05, 0.1) is 0 Å². The van der Waals surface area contributed by atoms with E-state index in [0.717, 1.165) is 37.8 Å². The van der Waals surface area contributed by atoms with Crippen LogP contribution < -0.4 is 0 Å². The van der Waals surface area contributed by atoms with Gasteiger partial charge in [-0.15, -0.1) is 0 Å². The summed E-state index contributed by atoms with van der Waals surface area (Å²) in [6.07, 6.45) is 1.51. The zero-order valence-electron chi connectivity index (χ0n) is 9.92. The molecule has 0 radical (unpaired) electrons. The van der Waals surface area contributed by atoms with Crippen LogP contribution >= 0.6 is 0 Å². The molecule has 82 valence electrons. The summed E-state index contributed by atoms with van der Waals surface area (Å²) in [6, 6.07) is 0.456. The number of hydrogen-bond donors (Lipinski definition) is 0. The van der Waals surface area contributed by atoms with E-state index in [-0.39, 0.29) is 0 Å². The summed E-state index contributed by atoms with van der Waals surface area (Å²) in [6.45, 7) is 11.1. The van der Waals surface area contributed by atoms with Crippen LogP contribution in [0.5, 0.6) is 0 Å². The highest BCUT2D eigenvalue weighted by atomic mass is 16.1. The molecule has 0 N–H and O–H groups in total. The van der Waals surface area contributed by atoms with Gasteiger partial charge in [0.1, 0.15) is 5.78 Å². The Morgan fingerprint density at radius 1 is 1.43 bits per heavy atom. The van der Waals surface area contributed by atoms with Crippen molar-refractivity contribution in [3.05, 3.63) is 0 Å². The summed E-state index contributed by atoms with van der Waals surface area (Å²) in [7, 11) is 0. The van der Waals surface area contributed by atoms with E-state index in [9.17, 15) is 4.79 Å². The van der Waals surface area contributed by atoms with Crippen molar-refractivity contribution < 1.29 is 4.79 Å². The fraction of sp³-hybridized carbons (Fsp3) is 0.917. The topological polar surface area (TPSA) is 20.3 Å². The highest BCUT2D eigenvalue weighted by Gasteiger charge is 2.24. The Morgan fingerprint density at radius 3 is 2.57 bits per heavy atom. The number of rotatable bonds is 3. The highest BCUT2D eigenvalue weighted by molar-refractivity contribution is 5.79. The zero-order valence-corrected chi connectivity index (χ0v) is 9.92. The number of carbonyl (C=O) groups excluding carboxylic acids is 1. The second-order valence-electron chi connectivity index (χ2n) is 5.06. The summed E-state index contributed by atoms with van der Waals surface area (Å²) in [5.41, 5.74) is 0. The van der Waals surface area contributed by atoms with Gasteiger partial charge in [-0.1, -0.05) is 20.8 Å². The number of piperidine rings is 1. The Morgan fingerprint density at radius 2 is 2.07 bits per heavy atom. The van der Waals surface area contributed by atoms with Gasteiger partial charge >= 0.3 is 0 Å². The third-order valence-corrected chi connectivity index (χ3v) is 3.48. The first-order chi connectivity index (χ1) is 6.50. The Kier molecular flexibility index (Phi) is 4.11. The number of carbonyl (C=O) groups is 1. The van der Waals surface area contributed by atoms with Crippen molar-refractivity contribution in [3.8, 4) is 0 Å². The van der Waals surface area contributed by atoms with E-state index in [1.165, 1.54) is 0 Å². The number of Topliss-reactive ketones (excluding diaryl/α,β-unsaturated/α-hetero) is 1. The van der Waals surface area contributed by atoms with Crippen molar-refractivity contribution in [2.45, 2.75) is 46.6 Å². The average Bonchev–Trinajstić information content (AvgIpc) is 2.09. The number of nitrogens with zero attached hydrogens (tertiary/aromatic N) is 1. The van der Waals surface area contributed by atoms with Crippen molar-refractivity contribution >= 4 is 5.78 Å². The molecule has 2 nitrogen and oxygen atoms in total. The molecule has 2 unspecified atom stereocenters. The second kappa shape index (κ2) is 4.92. The van der Waals surface area contributed by atoms with Crippen LogP contribution in [0.1, 0.15) is 40.5 Å². The van der Waals surface area contributed by atoms with Gasteiger partial charge in [0.25, 0.3) is 0 Å². The number of ketones is 1. The summed E-state index contributed by atoms with van der Waals surface area (Å²) in [4.78, 5) is 13.7. The van der Waals surface area contributed by atoms with Gasteiger partial charge in [-0.25, -0.2) is 0 Å². The van der Waals surface area contributed by atoms with E-state index in [0.29, 0.717) is 11.8 Å². The molecule has 1 fully saturated rings. The van der Waals surface area contributed by atoms with Gasteiger partial charge in [0.2, 0.25) is 0 Å². The lowest BCUT2D eigenvalue weighted by atomic mass is 9.94. The summed E-state index contributed by atoms with van der Waals surface area (Å²) < 4.78 is 0. The van der Waals surface area contributed by atoms with Crippen molar-refractivity contribution in [1.82, 2.24) is 4.90 Å². The Labute approximate surface area is 87.7 Å². The molecule has 14 heavy (non-hydrogen) atoms. The molecule has 1 heterocycles. The summed E-state index contributed by atoms with van der Waals surface area (Å²) in [5, 5.41) is 0. The Bertz CT molecular complexity index is 200. The van der Waals surface area contributed by atoms with E-state index in [1.54, 1.807) is 0 Å². The van der Waals surface area contributed by atoms with Gasteiger partial charge in [-0.3, -0.25) is 9.69 Å². The predicted octanol–water partition coefficient (Wildman–Crippen LogP) is 2.33. The summed E-state index contributed by atoms with van der Waals surface area (Å²) >= 11 is 0. The second-order valence-corrected chi connectivity index (χ2v) is 5.06. The smallest absolute Gasteiger partial charge is 0.135 e. The lowest BCUT2D eigenvalue weighted by Gasteiger charge is -2.35. The minimum absolute atomic E-state index is 0.436. The summed E-state index contributed by atoms with van der Waals surface area (Å²) in [5.74, 6) is 1.90. The van der Waals surface area contributed by atoms with Crippen LogP contribution in [-0.2, 0) is 4.79 Å². The molecule has 1 saturated heterocycles. The molecule has 0 bridgehead atoms. The number of hydrogen-bond acceptors (Lipinski definition) is 2. The van der Waals surface area contributed by atoms with E-state index in [1.807, 2.05) is 0 Å². The molecular weight excluding hydrogens is 174 g/mol. The third kappa shape index (κ3) is 3.09. The lowest BCUT2D eigenvalue weighted by Crippen LogP contribution is -2.43. The van der Waals surface area contributed by atoms with Gasteiger partial charge in [-0.05, 0) is 18.8 Å².